The van der Waals surface area contributed by atoms with Gasteiger partial charge >= 0.3 is 12.3 Å². The maximum absolute atomic E-state index is 12.8. The van der Waals surface area contributed by atoms with E-state index >= 15 is 0 Å². The molecule has 9 heteroatoms. The molecule has 4 rings (SSSR count). The Morgan fingerprint density at radius 1 is 0.968 bits per heavy atom. The zero-order chi connectivity index (χ0) is 22.0. The topological polar surface area (TPSA) is 93.2 Å². The van der Waals surface area contributed by atoms with Gasteiger partial charge in [0.1, 0.15) is 5.75 Å². The van der Waals surface area contributed by atoms with Crippen molar-refractivity contribution < 1.29 is 18.3 Å². The van der Waals surface area contributed by atoms with Gasteiger partial charge in [-0.1, -0.05) is 18.2 Å². The lowest BCUT2D eigenvalue weighted by atomic mass is 10.1. The molecule has 0 fully saturated rings. The number of carbonyl (C=O) groups excluding carboxylic acids is 1. The van der Waals surface area contributed by atoms with Crippen molar-refractivity contribution in [1.82, 2.24) is 9.55 Å². The Hall–Kier alpha value is -4.27. The van der Waals surface area contributed by atoms with Gasteiger partial charge in [-0.2, -0.15) is 8.78 Å². The highest BCUT2D eigenvalue weighted by atomic mass is 19.3. The Morgan fingerprint density at radius 2 is 1.68 bits per heavy atom. The first kappa shape index (κ1) is 20.0. The number of hydrogen-bond acceptors (Lipinski definition) is 4. The molecule has 0 aliphatic heterocycles. The Labute approximate surface area is 173 Å². The number of H-pyrrole nitrogens is 1. The first-order chi connectivity index (χ1) is 14.9. The second-order valence-corrected chi connectivity index (χ2v) is 6.52. The number of nitrogens with zero attached hydrogens (tertiary/aromatic N) is 1. The van der Waals surface area contributed by atoms with Gasteiger partial charge in [0.05, 0.1) is 16.6 Å². The first-order valence-corrected chi connectivity index (χ1v) is 9.13. The van der Waals surface area contributed by atoms with Crippen LogP contribution in [0.3, 0.4) is 0 Å². The summed E-state index contributed by atoms with van der Waals surface area (Å²) in [4.78, 5) is 40.4. The van der Waals surface area contributed by atoms with Gasteiger partial charge < -0.3 is 15.0 Å². The van der Waals surface area contributed by atoms with Gasteiger partial charge in [-0.25, -0.2) is 9.36 Å². The van der Waals surface area contributed by atoms with Crippen molar-refractivity contribution in [2.45, 2.75) is 6.61 Å². The van der Waals surface area contributed by atoms with Crippen LogP contribution >= 0.6 is 0 Å². The first-order valence-electron chi connectivity index (χ1n) is 9.13. The van der Waals surface area contributed by atoms with Crippen molar-refractivity contribution in [2.75, 3.05) is 5.32 Å². The molecule has 0 unspecified atom stereocenters. The number of alkyl halides is 2. The van der Waals surface area contributed by atoms with Crippen molar-refractivity contribution in [3.63, 3.8) is 0 Å². The minimum absolute atomic E-state index is 0.0361. The Balaban J connectivity index is 1.63. The molecule has 4 aromatic rings. The average molecular weight is 423 g/mol. The number of carbonyl (C=O) groups is 1. The van der Waals surface area contributed by atoms with E-state index in [0.717, 1.165) is 4.57 Å². The third kappa shape index (κ3) is 4.20. The molecule has 0 aliphatic rings. The molecule has 0 saturated carbocycles. The molecule has 3 aromatic carbocycles. The highest BCUT2D eigenvalue weighted by molar-refractivity contribution is 6.06. The predicted octanol–water partition coefficient (Wildman–Crippen LogP) is 3.53. The van der Waals surface area contributed by atoms with Crippen LogP contribution in [0.1, 0.15) is 10.4 Å². The number of fused-ring (bicyclic) bond motifs is 1. The van der Waals surface area contributed by atoms with Crippen LogP contribution in [0.4, 0.5) is 14.5 Å². The summed E-state index contributed by atoms with van der Waals surface area (Å²) in [5, 5.41) is 2.86. The van der Waals surface area contributed by atoms with Gasteiger partial charge in [-0.3, -0.25) is 9.59 Å². The number of benzene rings is 3. The smallest absolute Gasteiger partial charge is 0.387 e. The summed E-state index contributed by atoms with van der Waals surface area (Å²) >= 11 is 0. The minimum Gasteiger partial charge on any atom is -0.435 e. The van der Waals surface area contributed by atoms with Gasteiger partial charge in [-0.05, 0) is 54.6 Å². The molecule has 1 heterocycles. The van der Waals surface area contributed by atoms with Crippen LogP contribution < -0.4 is 21.3 Å². The standard InChI is InChI=1S/C22H15F2N3O4/c23-21(24)31-16-9-7-14(8-10-16)25-19(28)13-6-11-17-18(12-13)26-22(30)27(20(17)29)15-4-2-1-3-5-15/h1-12,21H,(H,25,28)(H,26,30). The monoisotopic (exact) mass is 423 g/mol. The highest BCUT2D eigenvalue weighted by Gasteiger charge is 2.13. The van der Waals surface area contributed by atoms with Crippen LogP contribution in [0.15, 0.2) is 82.4 Å². The summed E-state index contributed by atoms with van der Waals surface area (Å²) in [6, 6.07) is 18.2. The van der Waals surface area contributed by atoms with Crippen molar-refractivity contribution in [2.24, 2.45) is 0 Å². The molecular formula is C22H15F2N3O4. The Bertz CT molecular complexity index is 1360. The van der Waals surface area contributed by atoms with E-state index in [2.05, 4.69) is 15.0 Å². The third-order valence-corrected chi connectivity index (χ3v) is 4.51. The van der Waals surface area contributed by atoms with E-state index in [9.17, 15) is 23.2 Å². The average Bonchev–Trinajstić information content (AvgIpc) is 2.75. The van der Waals surface area contributed by atoms with Crippen molar-refractivity contribution in [3.05, 3.63) is 99.2 Å². The summed E-state index contributed by atoms with van der Waals surface area (Å²) in [6.45, 7) is -2.94. The van der Waals surface area contributed by atoms with Crippen LogP contribution in [0, 0.1) is 0 Å². The molecule has 31 heavy (non-hydrogen) atoms. The van der Waals surface area contributed by atoms with Crippen LogP contribution in [0.2, 0.25) is 0 Å². The molecule has 0 bridgehead atoms. The largest absolute Gasteiger partial charge is 0.435 e. The summed E-state index contributed by atoms with van der Waals surface area (Å²) < 4.78 is 29.7. The maximum atomic E-state index is 12.8. The number of halogens is 2. The summed E-state index contributed by atoms with van der Waals surface area (Å²) in [6.07, 6.45) is 0. The number of hydrogen-bond donors (Lipinski definition) is 2. The molecule has 1 aromatic heterocycles. The number of para-hydroxylation sites is 1. The van der Waals surface area contributed by atoms with Crippen molar-refractivity contribution in [3.8, 4) is 11.4 Å². The molecule has 0 radical (unpaired) electrons. The predicted molar refractivity (Wildman–Crippen MR) is 111 cm³/mol. The number of ether oxygens (including phenoxy) is 1. The van der Waals surface area contributed by atoms with Gasteiger partial charge in [-0.15, -0.1) is 0 Å². The lowest BCUT2D eigenvalue weighted by Gasteiger charge is -2.09. The van der Waals surface area contributed by atoms with Crippen molar-refractivity contribution in [1.29, 1.82) is 0 Å². The van der Waals surface area contributed by atoms with Crippen LogP contribution in [0.25, 0.3) is 16.6 Å². The highest BCUT2D eigenvalue weighted by Crippen LogP contribution is 2.19. The number of aromatic nitrogens is 2. The number of rotatable bonds is 5. The van der Waals surface area contributed by atoms with E-state index in [4.69, 9.17) is 0 Å². The molecule has 156 valence electrons. The maximum Gasteiger partial charge on any atom is 0.387 e. The zero-order valence-electron chi connectivity index (χ0n) is 15.8. The molecule has 2 N–H and O–H groups in total. The van der Waals surface area contributed by atoms with Gasteiger partial charge in [0.25, 0.3) is 11.5 Å². The number of anilines is 1. The second kappa shape index (κ2) is 8.23. The Kier molecular flexibility index (Phi) is 5.31. The quantitative estimate of drug-likeness (QED) is 0.514. The van der Waals surface area contributed by atoms with E-state index in [1.807, 2.05) is 0 Å². The molecule has 7 nitrogen and oxygen atoms in total. The molecule has 0 aliphatic carbocycles. The number of aromatic amines is 1. The molecule has 0 atom stereocenters. The van der Waals surface area contributed by atoms with E-state index in [1.165, 1.54) is 42.5 Å². The lowest BCUT2D eigenvalue weighted by Crippen LogP contribution is -2.33. The third-order valence-electron chi connectivity index (χ3n) is 4.51. The molecule has 0 saturated heterocycles. The van der Waals surface area contributed by atoms with Gasteiger partial charge in [0.15, 0.2) is 0 Å². The van der Waals surface area contributed by atoms with Gasteiger partial charge in [0, 0.05) is 11.3 Å². The van der Waals surface area contributed by atoms with E-state index in [-0.39, 0.29) is 22.2 Å². The van der Waals surface area contributed by atoms with E-state index in [1.54, 1.807) is 30.3 Å². The summed E-state index contributed by atoms with van der Waals surface area (Å²) in [5.74, 6) is -0.538. The summed E-state index contributed by atoms with van der Waals surface area (Å²) in [7, 11) is 0. The SMILES string of the molecule is O=C(Nc1ccc(OC(F)F)cc1)c1ccc2c(=O)n(-c3ccccc3)c(=O)[nH]c2c1. The normalized spacial score (nSPS) is 10.9. The second-order valence-electron chi connectivity index (χ2n) is 6.52. The number of nitrogens with one attached hydrogen (secondary N) is 2. The molecule has 1 amide bonds. The fourth-order valence-corrected chi connectivity index (χ4v) is 3.09. The van der Waals surface area contributed by atoms with Crippen molar-refractivity contribution >= 4 is 22.5 Å². The lowest BCUT2D eigenvalue weighted by molar-refractivity contribution is -0.0498. The molecular weight excluding hydrogens is 408 g/mol. The Morgan fingerprint density at radius 3 is 2.35 bits per heavy atom. The fraction of sp³-hybridized carbons (Fsp3) is 0.0455. The van der Waals surface area contributed by atoms with E-state index < -0.39 is 23.8 Å². The fourth-order valence-electron chi connectivity index (χ4n) is 3.09. The van der Waals surface area contributed by atoms with Gasteiger partial charge in [0.2, 0.25) is 0 Å². The van der Waals surface area contributed by atoms with E-state index in [0.29, 0.717) is 11.4 Å². The zero-order valence-corrected chi connectivity index (χ0v) is 15.8. The van der Waals surface area contributed by atoms with Crippen LogP contribution in [0.5, 0.6) is 5.75 Å². The summed E-state index contributed by atoms with van der Waals surface area (Å²) in [5.41, 5.74) is 0.0716. The van der Waals surface area contributed by atoms with Crippen LogP contribution in [-0.4, -0.2) is 22.1 Å². The van der Waals surface area contributed by atoms with Crippen LogP contribution in [-0.2, 0) is 0 Å². The minimum atomic E-state index is -2.94. The number of amides is 1. The molecule has 0 spiro atoms.